The Morgan fingerprint density at radius 1 is 1.47 bits per heavy atom. The van der Waals surface area contributed by atoms with Crippen LogP contribution in [0.15, 0.2) is 0 Å². The number of aliphatic hydroxyl groups is 1. The van der Waals surface area contributed by atoms with Crippen LogP contribution in [0.2, 0.25) is 0 Å². The SMILES string of the molecule is CNC1COCC1C(=O)NCC(C)(C)CCO. The molecule has 1 amide bonds. The van der Waals surface area contributed by atoms with Gasteiger partial charge in [-0.25, -0.2) is 0 Å². The maximum absolute atomic E-state index is 12.0. The lowest BCUT2D eigenvalue weighted by Gasteiger charge is -2.25. The van der Waals surface area contributed by atoms with E-state index >= 15 is 0 Å². The molecule has 1 fully saturated rings. The number of hydrogen-bond acceptors (Lipinski definition) is 4. The molecule has 0 aromatic rings. The van der Waals surface area contributed by atoms with Gasteiger partial charge in [-0.05, 0) is 18.9 Å². The Kier molecular flexibility index (Phi) is 5.36. The van der Waals surface area contributed by atoms with Crippen LogP contribution in [0.1, 0.15) is 20.3 Å². The zero-order valence-electron chi connectivity index (χ0n) is 11.0. The van der Waals surface area contributed by atoms with Crippen LogP contribution in [0.3, 0.4) is 0 Å². The standard InChI is InChI=1S/C12H24N2O3/c1-12(2,4-5-15)8-14-11(16)9-6-17-7-10(9)13-3/h9-10,13,15H,4-8H2,1-3H3,(H,14,16). The number of ether oxygens (including phenoxy) is 1. The van der Waals surface area contributed by atoms with E-state index in [1.807, 2.05) is 20.9 Å². The molecule has 1 saturated heterocycles. The smallest absolute Gasteiger partial charge is 0.227 e. The summed E-state index contributed by atoms with van der Waals surface area (Å²) in [7, 11) is 1.84. The van der Waals surface area contributed by atoms with Crippen molar-refractivity contribution in [3.8, 4) is 0 Å². The summed E-state index contributed by atoms with van der Waals surface area (Å²) in [5, 5.41) is 15.0. The average Bonchev–Trinajstić information content (AvgIpc) is 2.74. The lowest BCUT2D eigenvalue weighted by Crippen LogP contribution is -2.45. The van der Waals surface area contributed by atoms with Crippen molar-refractivity contribution < 1.29 is 14.6 Å². The largest absolute Gasteiger partial charge is 0.396 e. The lowest BCUT2D eigenvalue weighted by molar-refractivity contribution is -0.125. The Morgan fingerprint density at radius 2 is 2.18 bits per heavy atom. The Hall–Kier alpha value is -0.650. The Labute approximate surface area is 103 Å². The molecule has 0 aromatic heterocycles. The van der Waals surface area contributed by atoms with Gasteiger partial charge in [-0.15, -0.1) is 0 Å². The summed E-state index contributed by atoms with van der Waals surface area (Å²) >= 11 is 0. The van der Waals surface area contributed by atoms with Gasteiger partial charge in [0.05, 0.1) is 19.1 Å². The molecule has 100 valence electrons. The van der Waals surface area contributed by atoms with Crippen LogP contribution in [-0.2, 0) is 9.53 Å². The summed E-state index contributed by atoms with van der Waals surface area (Å²) in [6, 6.07) is 0.107. The van der Waals surface area contributed by atoms with Gasteiger partial charge < -0.3 is 20.5 Å². The first kappa shape index (κ1) is 14.4. The molecule has 0 aromatic carbocycles. The molecule has 0 bridgehead atoms. The highest BCUT2D eigenvalue weighted by Gasteiger charge is 2.33. The fraction of sp³-hybridized carbons (Fsp3) is 0.917. The van der Waals surface area contributed by atoms with Crippen LogP contribution < -0.4 is 10.6 Å². The van der Waals surface area contributed by atoms with Crippen LogP contribution >= 0.6 is 0 Å². The van der Waals surface area contributed by atoms with Gasteiger partial charge in [0, 0.05) is 19.2 Å². The minimum absolute atomic E-state index is 0.0351. The third-order valence-electron chi connectivity index (χ3n) is 3.32. The van der Waals surface area contributed by atoms with E-state index in [-0.39, 0.29) is 29.9 Å². The number of likely N-dealkylation sites (N-methyl/N-ethyl adjacent to an activating group) is 1. The van der Waals surface area contributed by atoms with Crippen molar-refractivity contribution in [2.45, 2.75) is 26.3 Å². The van der Waals surface area contributed by atoms with Crippen LogP contribution in [-0.4, -0.2) is 50.5 Å². The zero-order valence-corrected chi connectivity index (χ0v) is 11.0. The molecule has 1 rings (SSSR count). The number of rotatable bonds is 6. The van der Waals surface area contributed by atoms with Gasteiger partial charge in [-0.1, -0.05) is 13.8 Å². The lowest BCUT2D eigenvalue weighted by atomic mass is 9.89. The fourth-order valence-electron chi connectivity index (χ4n) is 1.95. The van der Waals surface area contributed by atoms with E-state index in [0.29, 0.717) is 26.2 Å². The van der Waals surface area contributed by atoms with Gasteiger partial charge in [0.25, 0.3) is 0 Å². The molecule has 1 aliphatic rings. The second-order valence-electron chi connectivity index (χ2n) is 5.39. The van der Waals surface area contributed by atoms with Crippen LogP contribution in [0.25, 0.3) is 0 Å². The molecule has 2 atom stereocenters. The zero-order chi connectivity index (χ0) is 12.9. The number of hydrogen-bond donors (Lipinski definition) is 3. The number of carbonyl (C=O) groups is 1. The third-order valence-corrected chi connectivity index (χ3v) is 3.32. The fourth-order valence-corrected chi connectivity index (χ4v) is 1.95. The van der Waals surface area contributed by atoms with Crippen molar-refractivity contribution in [2.24, 2.45) is 11.3 Å². The van der Waals surface area contributed by atoms with E-state index in [4.69, 9.17) is 9.84 Å². The summed E-state index contributed by atoms with van der Waals surface area (Å²) < 4.78 is 5.30. The first-order chi connectivity index (χ1) is 8.00. The van der Waals surface area contributed by atoms with Crippen molar-refractivity contribution in [3.63, 3.8) is 0 Å². The van der Waals surface area contributed by atoms with E-state index in [1.54, 1.807) is 0 Å². The molecule has 5 heteroatoms. The van der Waals surface area contributed by atoms with Gasteiger partial charge >= 0.3 is 0 Å². The topological polar surface area (TPSA) is 70.6 Å². The number of carbonyl (C=O) groups excluding carboxylic acids is 1. The molecule has 0 saturated carbocycles. The predicted molar refractivity (Wildman–Crippen MR) is 65.7 cm³/mol. The first-order valence-corrected chi connectivity index (χ1v) is 6.14. The Bertz CT molecular complexity index is 256. The first-order valence-electron chi connectivity index (χ1n) is 6.14. The maximum Gasteiger partial charge on any atom is 0.227 e. The molecule has 3 N–H and O–H groups in total. The highest BCUT2D eigenvalue weighted by atomic mass is 16.5. The molecular weight excluding hydrogens is 220 g/mol. The molecule has 2 unspecified atom stereocenters. The van der Waals surface area contributed by atoms with Gasteiger partial charge in [-0.2, -0.15) is 0 Å². The number of amides is 1. The third kappa shape index (κ3) is 4.26. The van der Waals surface area contributed by atoms with Crippen molar-refractivity contribution in [1.29, 1.82) is 0 Å². The summed E-state index contributed by atoms with van der Waals surface area (Å²) in [4.78, 5) is 12.0. The quantitative estimate of drug-likeness (QED) is 0.602. The summed E-state index contributed by atoms with van der Waals surface area (Å²) in [5.41, 5.74) is -0.0704. The summed E-state index contributed by atoms with van der Waals surface area (Å²) in [6.45, 7) is 5.87. The van der Waals surface area contributed by atoms with Gasteiger partial charge in [0.15, 0.2) is 0 Å². The van der Waals surface area contributed by atoms with Crippen LogP contribution in [0, 0.1) is 11.3 Å². The normalized spacial score (nSPS) is 24.9. The van der Waals surface area contributed by atoms with Crippen molar-refractivity contribution >= 4 is 5.91 Å². The Morgan fingerprint density at radius 3 is 2.76 bits per heavy atom. The minimum atomic E-state index is -0.107. The van der Waals surface area contributed by atoms with Gasteiger partial charge in [0.2, 0.25) is 5.91 Å². The number of aliphatic hydroxyl groups excluding tert-OH is 1. The highest BCUT2D eigenvalue weighted by molar-refractivity contribution is 5.79. The molecule has 0 radical (unpaired) electrons. The summed E-state index contributed by atoms with van der Waals surface area (Å²) in [6.07, 6.45) is 0.684. The van der Waals surface area contributed by atoms with Crippen molar-refractivity contribution in [3.05, 3.63) is 0 Å². The second-order valence-corrected chi connectivity index (χ2v) is 5.39. The molecule has 5 nitrogen and oxygen atoms in total. The van der Waals surface area contributed by atoms with Crippen molar-refractivity contribution in [2.75, 3.05) is 33.4 Å². The molecule has 17 heavy (non-hydrogen) atoms. The van der Waals surface area contributed by atoms with E-state index in [1.165, 1.54) is 0 Å². The molecule has 0 spiro atoms. The monoisotopic (exact) mass is 244 g/mol. The van der Waals surface area contributed by atoms with Crippen molar-refractivity contribution in [1.82, 2.24) is 10.6 Å². The molecular formula is C12H24N2O3. The molecule has 1 heterocycles. The highest BCUT2D eigenvalue weighted by Crippen LogP contribution is 2.19. The van der Waals surface area contributed by atoms with E-state index in [9.17, 15) is 4.79 Å². The minimum Gasteiger partial charge on any atom is -0.396 e. The number of nitrogens with one attached hydrogen (secondary N) is 2. The van der Waals surface area contributed by atoms with E-state index in [2.05, 4.69) is 10.6 Å². The van der Waals surface area contributed by atoms with Crippen LogP contribution in [0.4, 0.5) is 0 Å². The predicted octanol–water partition coefficient (Wildman–Crippen LogP) is -0.254. The van der Waals surface area contributed by atoms with Gasteiger partial charge in [-0.3, -0.25) is 4.79 Å². The average molecular weight is 244 g/mol. The van der Waals surface area contributed by atoms with Gasteiger partial charge in [0.1, 0.15) is 0 Å². The Balaban J connectivity index is 2.39. The molecule has 0 aliphatic carbocycles. The van der Waals surface area contributed by atoms with E-state index in [0.717, 1.165) is 0 Å². The van der Waals surface area contributed by atoms with E-state index < -0.39 is 0 Å². The second kappa shape index (κ2) is 6.33. The maximum atomic E-state index is 12.0. The molecule has 1 aliphatic heterocycles. The summed E-state index contributed by atoms with van der Waals surface area (Å²) in [5.74, 6) is -0.0715. The van der Waals surface area contributed by atoms with Crippen LogP contribution in [0.5, 0.6) is 0 Å².